The smallest absolute Gasteiger partial charge is 0.127 e. The summed E-state index contributed by atoms with van der Waals surface area (Å²) in [6.45, 7) is 4.53. The number of hydrogen-bond donors (Lipinski definition) is 0. The van der Waals surface area contributed by atoms with Gasteiger partial charge in [-0.15, -0.1) is 0 Å². The Morgan fingerprint density at radius 3 is 2.88 bits per heavy atom. The van der Waals surface area contributed by atoms with Crippen LogP contribution in [0.4, 0.5) is 4.39 Å². The zero-order chi connectivity index (χ0) is 12.4. The summed E-state index contributed by atoms with van der Waals surface area (Å²) in [5.41, 5.74) is 0.944. The van der Waals surface area contributed by atoms with Gasteiger partial charge in [0.25, 0.3) is 0 Å². The molecule has 17 heavy (non-hydrogen) atoms. The highest BCUT2D eigenvalue weighted by Crippen LogP contribution is 2.35. The summed E-state index contributed by atoms with van der Waals surface area (Å²) in [6.07, 6.45) is 0.961. The molecule has 3 atom stereocenters. The molecule has 0 radical (unpaired) electrons. The van der Waals surface area contributed by atoms with E-state index >= 15 is 0 Å². The lowest BCUT2D eigenvalue weighted by atomic mass is 9.91. The Kier molecular flexibility index (Phi) is 4.05. The third kappa shape index (κ3) is 2.80. The molecule has 4 heteroatoms. The van der Waals surface area contributed by atoms with Gasteiger partial charge in [-0.25, -0.2) is 4.39 Å². The van der Waals surface area contributed by atoms with Gasteiger partial charge in [0.1, 0.15) is 23.8 Å². The van der Waals surface area contributed by atoms with E-state index in [2.05, 4.69) is 15.9 Å². The van der Waals surface area contributed by atoms with Crippen LogP contribution >= 0.6 is 15.9 Å². The summed E-state index contributed by atoms with van der Waals surface area (Å²) >= 11 is 3.54. The highest BCUT2D eigenvalue weighted by Gasteiger charge is 2.42. The molecule has 0 aromatic heterocycles. The molecule has 1 aromatic carbocycles. The Morgan fingerprint density at radius 2 is 2.24 bits per heavy atom. The van der Waals surface area contributed by atoms with Gasteiger partial charge in [-0.1, -0.05) is 22.0 Å². The van der Waals surface area contributed by atoms with Crippen molar-refractivity contribution < 1.29 is 13.9 Å². The molecule has 94 valence electrons. The minimum Gasteiger partial charge on any atom is -0.487 e. The molecule has 1 aliphatic carbocycles. The van der Waals surface area contributed by atoms with Gasteiger partial charge in [-0.05, 0) is 25.5 Å². The summed E-state index contributed by atoms with van der Waals surface area (Å²) in [4.78, 5) is 0.335. The number of alkyl halides is 1. The second kappa shape index (κ2) is 5.36. The molecule has 2 rings (SSSR count). The van der Waals surface area contributed by atoms with Crippen LogP contribution in [0.3, 0.4) is 0 Å². The lowest BCUT2D eigenvalue weighted by Crippen LogP contribution is -2.52. The minimum atomic E-state index is -0.270. The van der Waals surface area contributed by atoms with Gasteiger partial charge < -0.3 is 9.47 Å². The van der Waals surface area contributed by atoms with Crippen LogP contribution in [0.15, 0.2) is 18.2 Å². The van der Waals surface area contributed by atoms with Crippen LogP contribution in [-0.4, -0.2) is 23.6 Å². The third-order valence-corrected chi connectivity index (χ3v) is 3.86. The maximum absolute atomic E-state index is 13.1. The lowest BCUT2D eigenvalue weighted by molar-refractivity contribution is -0.0726. The molecule has 1 saturated carbocycles. The number of rotatable bonds is 4. The summed E-state index contributed by atoms with van der Waals surface area (Å²) in [5.74, 6) is 0.340. The Labute approximate surface area is 109 Å². The molecule has 1 fully saturated rings. The number of aryl methyl sites for hydroxylation is 1. The first kappa shape index (κ1) is 12.8. The van der Waals surface area contributed by atoms with E-state index in [0.717, 1.165) is 12.0 Å². The first-order chi connectivity index (χ1) is 8.11. The molecule has 0 aliphatic heterocycles. The molecule has 0 heterocycles. The first-order valence-electron chi connectivity index (χ1n) is 5.80. The molecular weight excluding hydrogens is 287 g/mol. The van der Waals surface area contributed by atoms with Gasteiger partial charge >= 0.3 is 0 Å². The maximum Gasteiger partial charge on any atom is 0.127 e. The van der Waals surface area contributed by atoms with Crippen molar-refractivity contribution in [1.82, 2.24) is 0 Å². The van der Waals surface area contributed by atoms with E-state index in [0.29, 0.717) is 17.2 Å². The van der Waals surface area contributed by atoms with Crippen LogP contribution in [0.2, 0.25) is 0 Å². The molecule has 2 nitrogen and oxygen atoms in total. The normalized spacial score (nSPS) is 27.6. The number of benzene rings is 1. The average molecular weight is 303 g/mol. The molecule has 0 saturated heterocycles. The third-order valence-electron chi connectivity index (χ3n) is 2.97. The van der Waals surface area contributed by atoms with Crippen molar-refractivity contribution in [3.63, 3.8) is 0 Å². The van der Waals surface area contributed by atoms with Crippen LogP contribution in [0, 0.1) is 12.7 Å². The van der Waals surface area contributed by atoms with Crippen LogP contribution in [0.1, 0.15) is 18.9 Å². The largest absolute Gasteiger partial charge is 0.487 e. The maximum atomic E-state index is 13.1. The molecule has 1 aromatic rings. The molecule has 0 amide bonds. The number of ether oxygens (including phenoxy) is 2. The Hall–Kier alpha value is -0.610. The molecular formula is C13H16BrFO2. The van der Waals surface area contributed by atoms with Gasteiger partial charge in [-0.3, -0.25) is 0 Å². The summed E-state index contributed by atoms with van der Waals surface area (Å²) in [6, 6.07) is 4.60. The highest BCUT2D eigenvalue weighted by molar-refractivity contribution is 9.09. The average Bonchev–Trinajstić information content (AvgIpc) is 2.30. The van der Waals surface area contributed by atoms with Gasteiger partial charge in [-0.2, -0.15) is 0 Å². The predicted octanol–water partition coefficient (Wildman–Crippen LogP) is 3.45. The van der Waals surface area contributed by atoms with E-state index in [1.165, 1.54) is 12.1 Å². The second-order valence-corrected chi connectivity index (χ2v) is 5.41. The van der Waals surface area contributed by atoms with E-state index in [-0.39, 0.29) is 18.0 Å². The van der Waals surface area contributed by atoms with Crippen LogP contribution in [0.25, 0.3) is 0 Å². The monoisotopic (exact) mass is 302 g/mol. The van der Waals surface area contributed by atoms with Crippen molar-refractivity contribution in [2.45, 2.75) is 37.3 Å². The van der Waals surface area contributed by atoms with Crippen molar-refractivity contribution in [3.8, 4) is 5.75 Å². The van der Waals surface area contributed by atoms with Gasteiger partial charge in [0.05, 0.1) is 0 Å². The minimum absolute atomic E-state index is 0.0137. The van der Waals surface area contributed by atoms with Crippen molar-refractivity contribution in [3.05, 3.63) is 29.6 Å². The highest BCUT2D eigenvalue weighted by atomic mass is 79.9. The summed E-state index contributed by atoms with van der Waals surface area (Å²) < 4.78 is 24.5. The van der Waals surface area contributed by atoms with Crippen LogP contribution in [0.5, 0.6) is 5.75 Å². The van der Waals surface area contributed by atoms with Crippen molar-refractivity contribution in [2.75, 3.05) is 6.61 Å². The lowest BCUT2D eigenvalue weighted by Gasteiger charge is -2.41. The number of halogens is 2. The summed E-state index contributed by atoms with van der Waals surface area (Å²) in [7, 11) is 0. The molecule has 0 bridgehead atoms. The van der Waals surface area contributed by atoms with E-state index in [4.69, 9.17) is 9.47 Å². The fourth-order valence-corrected chi connectivity index (χ4v) is 2.77. The second-order valence-electron chi connectivity index (χ2n) is 4.24. The van der Waals surface area contributed by atoms with E-state index in [9.17, 15) is 4.39 Å². The molecule has 3 unspecified atom stereocenters. The quantitative estimate of drug-likeness (QED) is 0.793. The van der Waals surface area contributed by atoms with Crippen LogP contribution in [-0.2, 0) is 4.74 Å². The molecule has 1 aliphatic rings. The van der Waals surface area contributed by atoms with Gasteiger partial charge in [0, 0.05) is 23.9 Å². The predicted molar refractivity (Wildman–Crippen MR) is 68.3 cm³/mol. The van der Waals surface area contributed by atoms with Crippen molar-refractivity contribution in [1.29, 1.82) is 0 Å². The topological polar surface area (TPSA) is 18.5 Å². The Morgan fingerprint density at radius 1 is 1.47 bits per heavy atom. The Balaban J connectivity index is 2.03. The van der Waals surface area contributed by atoms with Crippen molar-refractivity contribution in [2.24, 2.45) is 0 Å². The van der Waals surface area contributed by atoms with E-state index in [1.54, 1.807) is 6.07 Å². The SMILES string of the molecule is CCOC1C(Br)CC1Oc1cc(F)ccc1C. The first-order valence-corrected chi connectivity index (χ1v) is 6.72. The fraction of sp³-hybridized carbons (Fsp3) is 0.538. The fourth-order valence-electron chi connectivity index (χ4n) is 1.91. The van der Waals surface area contributed by atoms with E-state index in [1.807, 2.05) is 13.8 Å². The van der Waals surface area contributed by atoms with Gasteiger partial charge in [0.2, 0.25) is 0 Å². The molecule has 0 spiro atoms. The standard InChI is InChI=1S/C13H16BrFO2/c1-3-16-13-10(14)7-12(13)17-11-6-9(15)5-4-8(11)2/h4-6,10,12-13H,3,7H2,1-2H3. The van der Waals surface area contributed by atoms with Gasteiger partial charge in [0.15, 0.2) is 0 Å². The summed E-state index contributed by atoms with van der Waals surface area (Å²) in [5, 5.41) is 0. The number of hydrogen-bond acceptors (Lipinski definition) is 2. The van der Waals surface area contributed by atoms with Crippen LogP contribution < -0.4 is 4.74 Å². The van der Waals surface area contributed by atoms with Crippen molar-refractivity contribution >= 4 is 15.9 Å². The zero-order valence-corrected chi connectivity index (χ0v) is 11.5. The Bertz CT molecular complexity index is 397. The van der Waals surface area contributed by atoms with E-state index < -0.39 is 0 Å². The molecule has 0 N–H and O–H groups in total. The zero-order valence-electron chi connectivity index (χ0n) is 9.95.